The summed E-state index contributed by atoms with van der Waals surface area (Å²) in [5.74, 6) is 0. The van der Waals surface area contributed by atoms with Crippen molar-refractivity contribution in [2.45, 2.75) is 37.8 Å². The minimum atomic E-state index is -2.08. The van der Waals surface area contributed by atoms with Gasteiger partial charge in [-0.1, -0.05) is 0 Å². The van der Waals surface area contributed by atoms with Crippen LogP contribution in [-0.4, -0.2) is 49.5 Å². The zero-order chi connectivity index (χ0) is 16.2. The van der Waals surface area contributed by atoms with E-state index in [1.165, 1.54) is 12.5 Å². The smallest absolute Gasteiger partial charge is 0.224 e. The standard InChI is InChI=1S/C14H18F2N6O/c15-12(13(23)14(16)22-9-18-19-20-22)11-5-4-10(8-17-11)21-6-2-1-3-7-21/h4-5,8-9,12-14,23H,1-3,6-7H2. The quantitative estimate of drug-likeness (QED) is 0.900. The maximum absolute atomic E-state index is 14.3. The van der Waals surface area contributed by atoms with Crippen LogP contribution in [0.5, 0.6) is 0 Å². The van der Waals surface area contributed by atoms with E-state index in [1.807, 2.05) is 0 Å². The van der Waals surface area contributed by atoms with Crippen molar-refractivity contribution in [3.8, 4) is 0 Å². The molecule has 1 N–H and O–H groups in total. The van der Waals surface area contributed by atoms with Crippen molar-refractivity contribution >= 4 is 5.69 Å². The third kappa shape index (κ3) is 3.44. The Morgan fingerprint density at radius 1 is 1.13 bits per heavy atom. The Bertz CT molecular complexity index is 602. The summed E-state index contributed by atoms with van der Waals surface area (Å²) in [6, 6.07) is 3.22. The van der Waals surface area contributed by atoms with Crippen LogP contribution in [0.15, 0.2) is 24.7 Å². The van der Waals surface area contributed by atoms with Crippen molar-refractivity contribution in [3.05, 3.63) is 30.4 Å². The van der Waals surface area contributed by atoms with E-state index in [0.717, 1.165) is 37.9 Å². The number of hydrogen-bond donors (Lipinski definition) is 1. The van der Waals surface area contributed by atoms with Gasteiger partial charge in [0.2, 0.25) is 6.30 Å². The number of tetrazole rings is 1. The van der Waals surface area contributed by atoms with Gasteiger partial charge in [-0.2, -0.15) is 4.68 Å². The highest BCUT2D eigenvalue weighted by Crippen LogP contribution is 2.29. The molecule has 3 heterocycles. The Kier molecular flexibility index (Phi) is 4.75. The van der Waals surface area contributed by atoms with Gasteiger partial charge in [0.1, 0.15) is 12.4 Å². The SMILES string of the molecule is OC(C(F)c1ccc(N2CCCCC2)cn1)C(F)n1cnnn1. The number of anilines is 1. The van der Waals surface area contributed by atoms with E-state index < -0.39 is 18.6 Å². The van der Waals surface area contributed by atoms with Crippen LogP contribution in [0, 0.1) is 0 Å². The van der Waals surface area contributed by atoms with E-state index in [4.69, 9.17) is 0 Å². The van der Waals surface area contributed by atoms with E-state index in [-0.39, 0.29) is 5.69 Å². The molecule has 2 aromatic rings. The maximum atomic E-state index is 14.3. The predicted molar refractivity (Wildman–Crippen MR) is 78.1 cm³/mol. The lowest BCUT2D eigenvalue weighted by Crippen LogP contribution is -2.29. The van der Waals surface area contributed by atoms with Crippen LogP contribution in [0.3, 0.4) is 0 Å². The lowest BCUT2D eigenvalue weighted by atomic mass is 10.1. The van der Waals surface area contributed by atoms with E-state index in [2.05, 4.69) is 25.4 Å². The number of aliphatic hydroxyl groups is 1. The Morgan fingerprint density at radius 2 is 1.91 bits per heavy atom. The molecule has 0 amide bonds. The van der Waals surface area contributed by atoms with Gasteiger partial charge in [-0.25, -0.2) is 8.78 Å². The van der Waals surface area contributed by atoms with Crippen LogP contribution in [0.4, 0.5) is 14.5 Å². The summed E-state index contributed by atoms with van der Waals surface area (Å²) in [5.41, 5.74) is 0.890. The average Bonchev–Trinajstić information content (AvgIpc) is 3.15. The van der Waals surface area contributed by atoms with Crippen LogP contribution in [0.25, 0.3) is 0 Å². The molecule has 3 unspecified atom stereocenters. The highest BCUT2D eigenvalue weighted by Gasteiger charge is 2.32. The molecule has 2 aromatic heterocycles. The van der Waals surface area contributed by atoms with Gasteiger partial charge in [0.15, 0.2) is 6.17 Å². The first-order chi connectivity index (χ1) is 11.2. The second kappa shape index (κ2) is 6.95. The number of hydrogen-bond acceptors (Lipinski definition) is 6. The Labute approximate surface area is 131 Å². The molecule has 0 aliphatic carbocycles. The number of aliphatic hydroxyl groups excluding tert-OH is 1. The van der Waals surface area contributed by atoms with Crippen molar-refractivity contribution in [2.24, 2.45) is 0 Å². The monoisotopic (exact) mass is 324 g/mol. The zero-order valence-electron chi connectivity index (χ0n) is 12.5. The minimum Gasteiger partial charge on any atom is -0.385 e. The molecule has 1 saturated heterocycles. The lowest BCUT2D eigenvalue weighted by Gasteiger charge is -2.28. The van der Waals surface area contributed by atoms with Gasteiger partial charge in [-0.15, -0.1) is 5.10 Å². The second-order valence-electron chi connectivity index (χ2n) is 5.54. The molecule has 3 atom stereocenters. The van der Waals surface area contributed by atoms with Crippen molar-refractivity contribution in [2.75, 3.05) is 18.0 Å². The number of aromatic nitrogens is 5. The third-order valence-corrected chi connectivity index (χ3v) is 3.97. The van der Waals surface area contributed by atoms with Crippen LogP contribution in [0.1, 0.15) is 37.4 Å². The molecule has 0 radical (unpaired) electrons. The third-order valence-electron chi connectivity index (χ3n) is 3.97. The molecule has 9 heteroatoms. The van der Waals surface area contributed by atoms with Gasteiger partial charge >= 0.3 is 0 Å². The Morgan fingerprint density at radius 3 is 2.52 bits per heavy atom. The average molecular weight is 324 g/mol. The number of pyridine rings is 1. The van der Waals surface area contributed by atoms with Crippen molar-refractivity contribution in [1.29, 1.82) is 0 Å². The highest BCUT2D eigenvalue weighted by molar-refractivity contribution is 5.45. The first-order valence-electron chi connectivity index (χ1n) is 7.56. The van der Waals surface area contributed by atoms with Crippen LogP contribution in [0.2, 0.25) is 0 Å². The summed E-state index contributed by atoms with van der Waals surface area (Å²) in [6.45, 7) is 1.91. The molecule has 1 fully saturated rings. The van der Waals surface area contributed by atoms with Crippen molar-refractivity contribution < 1.29 is 13.9 Å². The number of halogens is 2. The normalized spacial score (nSPS) is 19.3. The largest absolute Gasteiger partial charge is 0.385 e. The molecule has 0 aromatic carbocycles. The van der Waals surface area contributed by atoms with E-state index in [1.54, 1.807) is 12.3 Å². The summed E-state index contributed by atoms with van der Waals surface area (Å²) in [4.78, 5) is 6.22. The van der Waals surface area contributed by atoms with Gasteiger partial charge in [0.25, 0.3) is 0 Å². The summed E-state index contributed by atoms with van der Waals surface area (Å²) >= 11 is 0. The van der Waals surface area contributed by atoms with E-state index in [0.29, 0.717) is 4.68 Å². The zero-order valence-corrected chi connectivity index (χ0v) is 12.5. The summed E-state index contributed by atoms with van der Waals surface area (Å²) in [6.07, 6.45) is 0.0247. The number of nitrogens with zero attached hydrogens (tertiary/aromatic N) is 6. The molecular formula is C14H18F2N6O. The fourth-order valence-electron chi connectivity index (χ4n) is 2.65. The first-order valence-corrected chi connectivity index (χ1v) is 7.56. The second-order valence-corrected chi connectivity index (χ2v) is 5.54. The van der Waals surface area contributed by atoms with Crippen LogP contribution >= 0.6 is 0 Å². The van der Waals surface area contributed by atoms with Gasteiger partial charge < -0.3 is 10.0 Å². The Hall–Kier alpha value is -2.16. The summed E-state index contributed by atoms with van der Waals surface area (Å²) in [7, 11) is 0. The predicted octanol–water partition coefficient (Wildman–Crippen LogP) is 1.60. The topological polar surface area (TPSA) is 80.0 Å². The molecular weight excluding hydrogens is 306 g/mol. The van der Waals surface area contributed by atoms with E-state index in [9.17, 15) is 13.9 Å². The van der Waals surface area contributed by atoms with Gasteiger partial charge in [-0.05, 0) is 41.8 Å². The highest BCUT2D eigenvalue weighted by atomic mass is 19.1. The fraction of sp³-hybridized carbons (Fsp3) is 0.571. The molecule has 7 nitrogen and oxygen atoms in total. The molecule has 3 rings (SSSR count). The molecule has 1 aliphatic heterocycles. The van der Waals surface area contributed by atoms with E-state index >= 15 is 0 Å². The lowest BCUT2D eigenvalue weighted by molar-refractivity contribution is -0.0294. The van der Waals surface area contributed by atoms with Crippen LogP contribution < -0.4 is 4.90 Å². The number of rotatable bonds is 5. The van der Waals surface area contributed by atoms with Gasteiger partial charge in [0, 0.05) is 13.1 Å². The number of alkyl halides is 2. The summed E-state index contributed by atoms with van der Waals surface area (Å²) in [5, 5.41) is 19.6. The molecule has 0 bridgehead atoms. The molecule has 23 heavy (non-hydrogen) atoms. The number of piperidine rings is 1. The molecule has 0 saturated carbocycles. The fourth-order valence-corrected chi connectivity index (χ4v) is 2.65. The Balaban J connectivity index is 1.68. The first kappa shape index (κ1) is 15.7. The van der Waals surface area contributed by atoms with Crippen molar-refractivity contribution in [3.63, 3.8) is 0 Å². The molecule has 0 spiro atoms. The maximum Gasteiger partial charge on any atom is 0.224 e. The molecule has 1 aliphatic rings. The summed E-state index contributed by atoms with van der Waals surface area (Å²) < 4.78 is 28.9. The van der Waals surface area contributed by atoms with Crippen LogP contribution in [-0.2, 0) is 0 Å². The van der Waals surface area contributed by atoms with Gasteiger partial charge in [0.05, 0.1) is 17.6 Å². The van der Waals surface area contributed by atoms with Gasteiger partial charge in [-0.3, -0.25) is 4.98 Å². The minimum absolute atomic E-state index is 0.0195. The van der Waals surface area contributed by atoms with Crippen molar-refractivity contribution in [1.82, 2.24) is 25.2 Å². The molecule has 124 valence electrons.